The van der Waals surface area contributed by atoms with Crippen molar-refractivity contribution in [2.75, 3.05) is 0 Å². The summed E-state index contributed by atoms with van der Waals surface area (Å²) in [6, 6.07) is 11.3. The molecule has 0 aliphatic heterocycles. The molecular weight excluding hydrogens is 212 g/mol. The maximum atomic E-state index is 9.92. The third-order valence-electron chi connectivity index (χ3n) is 2.99. The Morgan fingerprint density at radius 1 is 0.941 bits per heavy atom. The van der Waals surface area contributed by atoms with Crippen LogP contribution >= 0.6 is 0 Å². The number of phenolic OH excluding ortho intramolecular Hbond substituents is 2. The van der Waals surface area contributed by atoms with Gasteiger partial charge >= 0.3 is 0 Å². The van der Waals surface area contributed by atoms with Crippen molar-refractivity contribution in [2.24, 2.45) is 0 Å². The van der Waals surface area contributed by atoms with E-state index in [2.05, 4.69) is 0 Å². The van der Waals surface area contributed by atoms with Crippen LogP contribution in [-0.4, -0.2) is 10.2 Å². The number of hydrogen-bond acceptors (Lipinski definition) is 2. The molecule has 0 saturated heterocycles. The standard InChI is InChI=1S/C15H16O2/c1-10-6-7-12(9-14(10)16)8-13-5-3-4-11(2)15(13)17/h3-7,9,16-17H,8H2,1-2H3. The van der Waals surface area contributed by atoms with E-state index in [-0.39, 0.29) is 0 Å². The minimum Gasteiger partial charge on any atom is -0.508 e. The number of phenols is 2. The highest BCUT2D eigenvalue weighted by molar-refractivity contribution is 5.44. The largest absolute Gasteiger partial charge is 0.508 e. The Kier molecular flexibility index (Phi) is 3.05. The maximum absolute atomic E-state index is 9.92. The molecule has 0 amide bonds. The normalized spacial score (nSPS) is 10.5. The van der Waals surface area contributed by atoms with E-state index < -0.39 is 0 Å². The van der Waals surface area contributed by atoms with Crippen LogP contribution in [0.2, 0.25) is 0 Å². The van der Waals surface area contributed by atoms with Crippen LogP contribution in [0, 0.1) is 13.8 Å². The highest BCUT2D eigenvalue weighted by Crippen LogP contribution is 2.26. The fourth-order valence-electron chi connectivity index (χ4n) is 1.85. The Morgan fingerprint density at radius 2 is 1.71 bits per heavy atom. The highest BCUT2D eigenvalue weighted by Gasteiger charge is 2.05. The first kappa shape index (κ1) is 11.5. The zero-order valence-electron chi connectivity index (χ0n) is 10.1. The molecule has 0 fully saturated rings. The Morgan fingerprint density at radius 3 is 2.41 bits per heavy atom. The van der Waals surface area contributed by atoms with Gasteiger partial charge in [-0.25, -0.2) is 0 Å². The van der Waals surface area contributed by atoms with Crippen LogP contribution in [0.3, 0.4) is 0 Å². The molecule has 0 heterocycles. The molecule has 0 aliphatic rings. The van der Waals surface area contributed by atoms with E-state index in [0.717, 1.165) is 22.3 Å². The predicted molar refractivity (Wildman–Crippen MR) is 68.5 cm³/mol. The molecule has 2 aromatic carbocycles. The lowest BCUT2D eigenvalue weighted by atomic mass is 10.0. The van der Waals surface area contributed by atoms with Crippen LogP contribution in [0.15, 0.2) is 36.4 Å². The zero-order valence-corrected chi connectivity index (χ0v) is 10.1. The molecule has 0 spiro atoms. The summed E-state index contributed by atoms with van der Waals surface area (Å²) in [5, 5.41) is 19.6. The second-order valence-electron chi connectivity index (χ2n) is 4.38. The Balaban J connectivity index is 2.31. The van der Waals surface area contributed by atoms with Crippen molar-refractivity contribution in [1.29, 1.82) is 0 Å². The van der Waals surface area contributed by atoms with E-state index in [9.17, 15) is 10.2 Å². The van der Waals surface area contributed by atoms with Gasteiger partial charge in [0.2, 0.25) is 0 Å². The summed E-state index contributed by atoms with van der Waals surface area (Å²) in [6.07, 6.45) is 0.626. The summed E-state index contributed by atoms with van der Waals surface area (Å²) >= 11 is 0. The molecule has 0 atom stereocenters. The van der Waals surface area contributed by atoms with Gasteiger partial charge in [-0.3, -0.25) is 0 Å². The smallest absolute Gasteiger partial charge is 0.122 e. The molecule has 0 aliphatic carbocycles. The highest BCUT2D eigenvalue weighted by atomic mass is 16.3. The van der Waals surface area contributed by atoms with Gasteiger partial charge in [0, 0.05) is 6.42 Å². The molecule has 2 nitrogen and oxygen atoms in total. The second kappa shape index (κ2) is 4.50. The molecule has 2 aromatic rings. The first-order valence-electron chi connectivity index (χ1n) is 5.64. The van der Waals surface area contributed by atoms with Crippen LogP contribution in [-0.2, 0) is 6.42 Å². The molecular formula is C15H16O2. The van der Waals surface area contributed by atoms with Gasteiger partial charge in [0.25, 0.3) is 0 Å². The fourth-order valence-corrected chi connectivity index (χ4v) is 1.85. The summed E-state index contributed by atoms with van der Waals surface area (Å²) in [7, 11) is 0. The second-order valence-corrected chi connectivity index (χ2v) is 4.38. The topological polar surface area (TPSA) is 40.5 Å². The van der Waals surface area contributed by atoms with Crippen LogP contribution in [0.1, 0.15) is 22.3 Å². The van der Waals surface area contributed by atoms with Crippen molar-refractivity contribution in [2.45, 2.75) is 20.3 Å². The van der Waals surface area contributed by atoms with Gasteiger partial charge in [0.1, 0.15) is 11.5 Å². The molecule has 0 unspecified atom stereocenters. The lowest BCUT2D eigenvalue weighted by Gasteiger charge is -2.08. The number of aryl methyl sites for hydroxylation is 2. The van der Waals surface area contributed by atoms with Crippen molar-refractivity contribution in [3.05, 3.63) is 58.7 Å². The molecule has 2 rings (SSSR count). The number of rotatable bonds is 2. The lowest BCUT2D eigenvalue weighted by Crippen LogP contribution is -1.91. The van der Waals surface area contributed by atoms with Gasteiger partial charge in [-0.2, -0.15) is 0 Å². The van der Waals surface area contributed by atoms with Crippen molar-refractivity contribution >= 4 is 0 Å². The van der Waals surface area contributed by atoms with Crippen molar-refractivity contribution < 1.29 is 10.2 Å². The Labute approximate surface area is 101 Å². The quantitative estimate of drug-likeness (QED) is 0.828. The summed E-state index contributed by atoms with van der Waals surface area (Å²) in [5.74, 6) is 0.641. The summed E-state index contributed by atoms with van der Waals surface area (Å²) in [4.78, 5) is 0. The molecule has 0 saturated carbocycles. The number of aromatic hydroxyl groups is 2. The number of hydrogen-bond donors (Lipinski definition) is 2. The van der Waals surface area contributed by atoms with Gasteiger partial charge in [0.15, 0.2) is 0 Å². The van der Waals surface area contributed by atoms with E-state index >= 15 is 0 Å². The Hall–Kier alpha value is -1.96. The third kappa shape index (κ3) is 2.41. The van der Waals surface area contributed by atoms with Crippen molar-refractivity contribution in [3.8, 4) is 11.5 Å². The van der Waals surface area contributed by atoms with Crippen LogP contribution in [0.25, 0.3) is 0 Å². The minimum atomic E-state index is 0.301. The van der Waals surface area contributed by atoms with E-state index in [1.807, 2.05) is 44.2 Å². The average Bonchev–Trinajstić information content (AvgIpc) is 2.30. The maximum Gasteiger partial charge on any atom is 0.122 e. The predicted octanol–water partition coefficient (Wildman–Crippen LogP) is 3.31. The Bertz CT molecular complexity index is 545. The molecule has 17 heavy (non-hydrogen) atoms. The van der Waals surface area contributed by atoms with Crippen LogP contribution < -0.4 is 0 Å². The van der Waals surface area contributed by atoms with Gasteiger partial charge in [-0.05, 0) is 42.2 Å². The van der Waals surface area contributed by atoms with E-state index in [0.29, 0.717) is 17.9 Å². The average molecular weight is 228 g/mol. The van der Waals surface area contributed by atoms with Gasteiger partial charge in [-0.1, -0.05) is 30.3 Å². The van der Waals surface area contributed by atoms with Gasteiger partial charge in [-0.15, -0.1) is 0 Å². The third-order valence-corrected chi connectivity index (χ3v) is 2.99. The minimum absolute atomic E-state index is 0.301. The van der Waals surface area contributed by atoms with Gasteiger partial charge in [0.05, 0.1) is 0 Å². The van der Waals surface area contributed by atoms with E-state index in [1.54, 1.807) is 6.07 Å². The molecule has 2 N–H and O–H groups in total. The number of para-hydroxylation sites is 1. The fraction of sp³-hybridized carbons (Fsp3) is 0.200. The number of benzene rings is 2. The van der Waals surface area contributed by atoms with E-state index in [4.69, 9.17) is 0 Å². The van der Waals surface area contributed by atoms with Crippen molar-refractivity contribution in [3.63, 3.8) is 0 Å². The SMILES string of the molecule is Cc1ccc(Cc2cccc(C)c2O)cc1O. The van der Waals surface area contributed by atoms with Gasteiger partial charge < -0.3 is 10.2 Å². The molecule has 0 aromatic heterocycles. The van der Waals surface area contributed by atoms with E-state index in [1.165, 1.54) is 0 Å². The molecule has 2 heteroatoms. The van der Waals surface area contributed by atoms with Crippen LogP contribution in [0.5, 0.6) is 11.5 Å². The van der Waals surface area contributed by atoms with Crippen LogP contribution in [0.4, 0.5) is 0 Å². The summed E-state index contributed by atoms with van der Waals surface area (Å²) in [5.41, 5.74) is 3.61. The van der Waals surface area contributed by atoms with Crippen molar-refractivity contribution in [1.82, 2.24) is 0 Å². The zero-order chi connectivity index (χ0) is 12.4. The first-order valence-corrected chi connectivity index (χ1v) is 5.64. The first-order chi connectivity index (χ1) is 8.08. The molecule has 0 bridgehead atoms. The summed E-state index contributed by atoms with van der Waals surface area (Å²) in [6.45, 7) is 3.74. The molecule has 0 radical (unpaired) electrons. The monoisotopic (exact) mass is 228 g/mol. The lowest BCUT2D eigenvalue weighted by molar-refractivity contribution is 0.464. The molecule has 88 valence electrons. The summed E-state index contributed by atoms with van der Waals surface area (Å²) < 4.78 is 0.